The Kier molecular flexibility index (Phi) is 4.59. The summed E-state index contributed by atoms with van der Waals surface area (Å²) in [6.45, 7) is 11.0. The second-order valence-corrected chi connectivity index (χ2v) is 5.27. The highest BCUT2D eigenvalue weighted by Gasteiger charge is 2.25. The van der Waals surface area contributed by atoms with Gasteiger partial charge in [0, 0.05) is 38.8 Å². The molecule has 0 saturated carbocycles. The first-order chi connectivity index (χ1) is 9.55. The minimum Gasteiger partial charge on any atom is -0.368 e. The Hall–Kier alpha value is -1.63. The zero-order valence-electron chi connectivity index (χ0n) is 12.9. The van der Waals surface area contributed by atoms with Gasteiger partial charge in [0.1, 0.15) is 0 Å². The van der Waals surface area contributed by atoms with Gasteiger partial charge in [-0.25, -0.2) is 0 Å². The zero-order chi connectivity index (χ0) is 14.7. The van der Waals surface area contributed by atoms with E-state index in [0.717, 1.165) is 32.7 Å². The minimum atomic E-state index is 0.294. The van der Waals surface area contributed by atoms with E-state index in [2.05, 4.69) is 57.5 Å². The third-order valence-corrected chi connectivity index (χ3v) is 3.76. The maximum absolute atomic E-state index is 5.86. The van der Waals surface area contributed by atoms with Gasteiger partial charge in [0.05, 0.1) is 0 Å². The lowest BCUT2D eigenvalue weighted by Gasteiger charge is -2.38. The van der Waals surface area contributed by atoms with E-state index in [1.165, 1.54) is 0 Å². The molecule has 1 aromatic heterocycles. The predicted octanol–water partition coefficient (Wildman–Crippen LogP) is 0.440. The summed E-state index contributed by atoms with van der Waals surface area (Å²) >= 11 is 0. The molecule has 0 radical (unpaired) electrons. The van der Waals surface area contributed by atoms with Crippen LogP contribution in [0.25, 0.3) is 0 Å². The van der Waals surface area contributed by atoms with Crippen molar-refractivity contribution in [1.82, 2.24) is 19.9 Å². The van der Waals surface area contributed by atoms with E-state index in [1.807, 2.05) is 0 Å². The summed E-state index contributed by atoms with van der Waals surface area (Å²) in [4.78, 5) is 19.8. The molecule has 0 aromatic carbocycles. The van der Waals surface area contributed by atoms with Gasteiger partial charge in [-0.05, 0) is 27.8 Å². The van der Waals surface area contributed by atoms with Gasteiger partial charge in [-0.1, -0.05) is 0 Å². The van der Waals surface area contributed by atoms with Gasteiger partial charge in [0.15, 0.2) is 0 Å². The van der Waals surface area contributed by atoms with E-state index < -0.39 is 0 Å². The van der Waals surface area contributed by atoms with Crippen molar-refractivity contribution in [3.8, 4) is 0 Å². The van der Waals surface area contributed by atoms with E-state index in [9.17, 15) is 0 Å². The minimum absolute atomic E-state index is 0.294. The van der Waals surface area contributed by atoms with Crippen LogP contribution in [-0.2, 0) is 0 Å². The third-order valence-electron chi connectivity index (χ3n) is 3.76. The number of likely N-dealkylation sites (N-methyl/N-ethyl adjacent to an activating group) is 1. The second kappa shape index (κ2) is 6.21. The van der Waals surface area contributed by atoms with E-state index in [-0.39, 0.29) is 0 Å². The van der Waals surface area contributed by atoms with E-state index in [1.54, 1.807) is 0 Å². The Morgan fingerprint density at radius 3 is 2.50 bits per heavy atom. The molecule has 7 heteroatoms. The molecular formula is C13H25N7. The molecule has 1 fully saturated rings. The summed E-state index contributed by atoms with van der Waals surface area (Å²) in [6, 6.07) is 0.375. The number of aromatic nitrogens is 3. The standard InChI is InChI=1S/C13H25N7/c1-5-19(6-2)12-15-11(14)16-13(17-12)20-8-7-18(4)9-10(20)3/h10H,5-9H2,1-4H3,(H2,14,15,16,17). The SMILES string of the molecule is CCN(CC)c1nc(N)nc(N2CCN(C)CC2C)n1. The first-order valence-electron chi connectivity index (χ1n) is 7.26. The fourth-order valence-electron chi connectivity index (χ4n) is 2.58. The van der Waals surface area contributed by atoms with E-state index in [0.29, 0.717) is 23.9 Å². The van der Waals surface area contributed by atoms with Crippen LogP contribution in [0.15, 0.2) is 0 Å². The first kappa shape index (κ1) is 14.8. The smallest absolute Gasteiger partial charge is 0.232 e. The molecule has 1 atom stereocenters. The fraction of sp³-hybridized carbons (Fsp3) is 0.769. The lowest BCUT2D eigenvalue weighted by Crippen LogP contribution is -2.51. The van der Waals surface area contributed by atoms with Crippen molar-refractivity contribution in [1.29, 1.82) is 0 Å². The topological polar surface area (TPSA) is 74.4 Å². The molecular weight excluding hydrogens is 254 g/mol. The third kappa shape index (κ3) is 3.09. The summed E-state index contributed by atoms with van der Waals surface area (Å²) in [7, 11) is 2.14. The summed E-state index contributed by atoms with van der Waals surface area (Å²) < 4.78 is 0. The van der Waals surface area contributed by atoms with Crippen molar-refractivity contribution in [2.24, 2.45) is 0 Å². The van der Waals surface area contributed by atoms with Crippen LogP contribution < -0.4 is 15.5 Å². The van der Waals surface area contributed by atoms with Crippen LogP contribution >= 0.6 is 0 Å². The molecule has 7 nitrogen and oxygen atoms in total. The summed E-state index contributed by atoms with van der Waals surface area (Å²) in [5.74, 6) is 1.66. The number of nitrogens with two attached hydrogens (primary N) is 1. The first-order valence-corrected chi connectivity index (χ1v) is 7.26. The highest BCUT2D eigenvalue weighted by molar-refractivity contribution is 5.44. The predicted molar refractivity (Wildman–Crippen MR) is 82.1 cm³/mol. The molecule has 2 rings (SSSR count). The number of nitrogen functional groups attached to an aromatic ring is 1. The zero-order valence-corrected chi connectivity index (χ0v) is 12.9. The molecule has 112 valence electrons. The molecule has 1 unspecified atom stereocenters. The number of nitrogens with zero attached hydrogens (tertiary/aromatic N) is 6. The van der Waals surface area contributed by atoms with Crippen LogP contribution in [0.1, 0.15) is 20.8 Å². The molecule has 20 heavy (non-hydrogen) atoms. The molecule has 1 aliphatic rings. The maximum atomic E-state index is 5.86. The maximum Gasteiger partial charge on any atom is 0.232 e. The van der Waals surface area contributed by atoms with Gasteiger partial charge >= 0.3 is 0 Å². The van der Waals surface area contributed by atoms with Gasteiger partial charge in [-0.2, -0.15) is 15.0 Å². The van der Waals surface area contributed by atoms with Gasteiger partial charge < -0.3 is 20.4 Å². The Morgan fingerprint density at radius 1 is 1.20 bits per heavy atom. The van der Waals surface area contributed by atoms with Crippen LogP contribution in [0.5, 0.6) is 0 Å². The second-order valence-electron chi connectivity index (χ2n) is 5.27. The molecule has 0 spiro atoms. The van der Waals surface area contributed by atoms with Crippen molar-refractivity contribution in [2.75, 3.05) is 55.3 Å². The van der Waals surface area contributed by atoms with Crippen molar-refractivity contribution < 1.29 is 0 Å². The van der Waals surface area contributed by atoms with Gasteiger partial charge in [0.2, 0.25) is 17.8 Å². The van der Waals surface area contributed by atoms with Crippen molar-refractivity contribution >= 4 is 17.8 Å². The Labute approximate surface area is 120 Å². The van der Waals surface area contributed by atoms with E-state index in [4.69, 9.17) is 5.73 Å². The number of piperazine rings is 1. The quantitative estimate of drug-likeness (QED) is 0.857. The Bertz CT molecular complexity index is 446. The van der Waals surface area contributed by atoms with Gasteiger partial charge in [0.25, 0.3) is 0 Å². The van der Waals surface area contributed by atoms with Crippen LogP contribution in [0.4, 0.5) is 17.8 Å². The van der Waals surface area contributed by atoms with Crippen molar-refractivity contribution in [2.45, 2.75) is 26.8 Å². The number of anilines is 3. The highest BCUT2D eigenvalue weighted by atomic mass is 15.4. The molecule has 0 bridgehead atoms. The molecule has 1 aliphatic heterocycles. The highest BCUT2D eigenvalue weighted by Crippen LogP contribution is 2.19. The molecule has 2 N–H and O–H groups in total. The molecule has 0 amide bonds. The molecule has 1 aromatic rings. The fourth-order valence-corrected chi connectivity index (χ4v) is 2.58. The molecule has 1 saturated heterocycles. The average Bonchev–Trinajstić information content (AvgIpc) is 2.39. The number of hydrogen-bond donors (Lipinski definition) is 1. The van der Waals surface area contributed by atoms with Crippen molar-refractivity contribution in [3.63, 3.8) is 0 Å². The number of hydrogen-bond acceptors (Lipinski definition) is 7. The molecule has 2 heterocycles. The Morgan fingerprint density at radius 2 is 1.90 bits per heavy atom. The van der Waals surface area contributed by atoms with Gasteiger partial charge in [-0.3, -0.25) is 0 Å². The van der Waals surface area contributed by atoms with Crippen LogP contribution in [0.3, 0.4) is 0 Å². The lowest BCUT2D eigenvalue weighted by atomic mass is 10.2. The Balaban J connectivity index is 2.27. The summed E-state index contributed by atoms with van der Waals surface area (Å²) in [6.07, 6.45) is 0. The lowest BCUT2D eigenvalue weighted by molar-refractivity contribution is 0.273. The summed E-state index contributed by atoms with van der Waals surface area (Å²) in [5.41, 5.74) is 5.86. The summed E-state index contributed by atoms with van der Waals surface area (Å²) in [5, 5.41) is 0. The largest absolute Gasteiger partial charge is 0.368 e. The van der Waals surface area contributed by atoms with Crippen LogP contribution in [0, 0.1) is 0 Å². The molecule has 0 aliphatic carbocycles. The van der Waals surface area contributed by atoms with Gasteiger partial charge in [-0.15, -0.1) is 0 Å². The average molecular weight is 279 g/mol. The monoisotopic (exact) mass is 279 g/mol. The number of rotatable bonds is 4. The van der Waals surface area contributed by atoms with Crippen molar-refractivity contribution in [3.05, 3.63) is 0 Å². The normalized spacial score (nSPS) is 20.2. The van der Waals surface area contributed by atoms with E-state index >= 15 is 0 Å². The van der Waals surface area contributed by atoms with Crippen LogP contribution in [0.2, 0.25) is 0 Å². The van der Waals surface area contributed by atoms with Crippen LogP contribution in [-0.4, -0.2) is 65.7 Å².